The van der Waals surface area contributed by atoms with Crippen LogP contribution in [0.2, 0.25) is 0 Å². The van der Waals surface area contributed by atoms with E-state index in [4.69, 9.17) is 17.1 Å². The van der Waals surface area contributed by atoms with Crippen molar-refractivity contribution in [3.8, 4) is 5.69 Å². The molecule has 0 saturated carbocycles. The summed E-state index contributed by atoms with van der Waals surface area (Å²) in [6.45, 7) is 1.91. The molecule has 7 aromatic rings. The molecule has 0 atom stereocenters. The van der Waals surface area contributed by atoms with Gasteiger partial charge in [-0.15, -0.1) is 0 Å². The fraction of sp³-hybridized carbons (Fsp3) is 0.237. The molecule has 29 nitrogen and oxygen atoms in total. The zero-order chi connectivity index (χ0) is 66.3. The molecule has 8 amide bonds. The van der Waals surface area contributed by atoms with E-state index in [1.165, 1.54) is 6.08 Å². The average molecular weight is 1240 g/mol. The van der Waals surface area contributed by atoms with E-state index >= 15 is 0 Å². The number of imide groups is 1. The van der Waals surface area contributed by atoms with Gasteiger partial charge in [-0.25, -0.2) is 64.1 Å². The molecule has 0 spiro atoms. The number of urea groups is 3. The van der Waals surface area contributed by atoms with Crippen LogP contribution in [-0.4, -0.2) is 147 Å². The van der Waals surface area contributed by atoms with E-state index in [1.807, 2.05) is 175 Å². The predicted octanol–water partition coefficient (Wildman–Crippen LogP) is 9.77. The number of benzene rings is 6. The number of H-pyrrole nitrogens is 2. The lowest BCUT2D eigenvalue weighted by molar-refractivity contribution is 0.0999. The van der Waals surface area contributed by atoms with Gasteiger partial charge in [-0.2, -0.15) is 4.99 Å². The summed E-state index contributed by atoms with van der Waals surface area (Å²) in [6.07, 6.45) is 0.786. The molecular weight excluding hydrogens is 1170 g/mol. The van der Waals surface area contributed by atoms with Crippen LogP contribution in [-0.2, 0) is 9.53 Å². The second-order valence-corrected chi connectivity index (χ2v) is 19.6. The van der Waals surface area contributed by atoms with Gasteiger partial charge in [0.1, 0.15) is 0 Å². The highest BCUT2D eigenvalue weighted by Crippen LogP contribution is 2.24. The van der Waals surface area contributed by atoms with Crippen LogP contribution in [0.15, 0.2) is 176 Å². The number of amides is 8. The van der Waals surface area contributed by atoms with Crippen LogP contribution < -0.4 is 61.8 Å². The third-order valence-electron chi connectivity index (χ3n) is 11.6. The van der Waals surface area contributed by atoms with Gasteiger partial charge >= 0.3 is 35.6 Å². The Kier molecular flexibility index (Phi) is 29.3. The molecule has 0 fully saturated rings. The largest absolute Gasteiger partial charge is 0.449 e. The minimum atomic E-state index is -0.708. The van der Waals surface area contributed by atoms with Gasteiger partial charge in [0.15, 0.2) is 0 Å². The molecule has 0 unspecified atom stereocenters. The molecule has 0 saturated heterocycles. The lowest BCUT2D eigenvalue weighted by atomic mass is 10.2. The molecule has 2 heterocycles. The Morgan fingerprint density at radius 1 is 0.551 bits per heavy atom. The number of hydrogen-bond donors (Lipinski definition) is 5. The van der Waals surface area contributed by atoms with Gasteiger partial charge in [0.2, 0.25) is 12.0 Å². The molecule has 0 radical (unpaired) electrons. The van der Waals surface area contributed by atoms with Gasteiger partial charge < -0.3 is 39.5 Å². The number of nitrogens with one attached hydrogen (secondary N) is 5. The first kappa shape index (κ1) is 71.7. The summed E-state index contributed by atoms with van der Waals surface area (Å²) in [6, 6.07) is 40.9. The SMILES string of the molecule is CCOC(=O)NNC(=O)Nc1ccc(N(C)C)cc1.CN(C)c1ccc(-n2c(=O)[nH][nH]c2=O)cc1.CN(C)c1ccc(C(=O)Cl)cc1.CN(C)c1ccc(C(=O)N=[N+]=[N-])cc1.CN(C)c1ccc(N2C(=O)N=NC2=O)cc1.CN(C)c1ccc(N=C=O)cc1. The lowest BCUT2D eigenvalue weighted by Crippen LogP contribution is -2.44. The van der Waals surface area contributed by atoms with Crippen molar-refractivity contribution in [2.75, 3.05) is 131 Å². The molecule has 1 aliphatic heterocycles. The Labute approximate surface area is 518 Å². The smallest absolute Gasteiger partial charge is 0.426 e. The van der Waals surface area contributed by atoms with Crippen LogP contribution in [0.1, 0.15) is 27.6 Å². The number of hydrazine groups is 1. The van der Waals surface area contributed by atoms with Crippen molar-refractivity contribution < 1.29 is 38.3 Å². The molecular formula is C59H70ClN19O10. The van der Waals surface area contributed by atoms with E-state index in [1.54, 1.807) is 91.9 Å². The quantitative estimate of drug-likeness (QED) is 0.0136. The number of hydrogen-bond acceptors (Lipinski definition) is 17. The van der Waals surface area contributed by atoms with Crippen molar-refractivity contribution in [2.45, 2.75) is 6.92 Å². The summed E-state index contributed by atoms with van der Waals surface area (Å²) in [5.41, 5.74) is 20.7. The van der Waals surface area contributed by atoms with Crippen LogP contribution >= 0.6 is 11.6 Å². The number of aliphatic imine (C=N–C) groups is 1. The molecule has 0 aliphatic carbocycles. The Morgan fingerprint density at radius 2 is 0.910 bits per heavy atom. The van der Waals surface area contributed by atoms with Crippen molar-refractivity contribution in [1.29, 1.82) is 0 Å². The predicted molar refractivity (Wildman–Crippen MR) is 347 cm³/mol. The van der Waals surface area contributed by atoms with Gasteiger partial charge in [0, 0.05) is 140 Å². The van der Waals surface area contributed by atoms with Gasteiger partial charge in [0.25, 0.3) is 5.24 Å². The van der Waals surface area contributed by atoms with Gasteiger partial charge in [-0.3, -0.25) is 9.59 Å². The van der Waals surface area contributed by atoms with Gasteiger partial charge in [0.05, 0.1) is 23.7 Å². The summed E-state index contributed by atoms with van der Waals surface area (Å²) in [4.78, 5) is 118. The van der Waals surface area contributed by atoms with Crippen LogP contribution in [0, 0.1) is 0 Å². The normalized spacial score (nSPS) is 10.4. The number of rotatable bonds is 13. The second-order valence-electron chi connectivity index (χ2n) is 19.2. The zero-order valence-corrected chi connectivity index (χ0v) is 52.0. The number of anilines is 8. The molecule has 30 heteroatoms. The van der Waals surface area contributed by atoms with E-state index in [0.717, 1.165) is 43.6 Å². The Morgan fingerprint density at radius 3 is 1.27 bits per heavy atom. The second kappa shape index (κ2) is 36.3. The Hall–Kier alpha value is -11.5. The number of carbonyl (C=O) groups is 6. The number of isocyanates is 1. The third-order valence-corrected chi connectivity index (χ3v) is 11.9. The standard InChI is InChI=1S/C12H18N4O3.C10H12N4O2.C10H10N4O2.C9H10ClNO.C9H10N4O.C9H10N2O/c1-4-19-12(18)15-14-11(17)13-9-5-7-10(8-6-9)16(2)3;2*1-13(2)7-3-5-8(6-4-7)14-9(15)11-12-10(14)16;1-11(2)8-5-3-7(4-6-8)9(10)12;1-13(2)8-5-3-7(4-6-8)9(14)11-12-10;1-11(2)9-5-3-8(4-6-9)10-7-12/h5-8H,4H2,1-3H3,(H,15,18)(H2,13,14,17);3-6H,1-2H3,(H,11,15)(H,12,16);3-6H,1-2H3;3-6H,1-2H3;3-6H,1-2H3;3-6H,1-2H3. The monoisotopic (exact) mass is 1240 g/mol. The first-order valence-electron chi connectivity index (χ1n) is 26.4. The number of azide groups is 1. The number of nitrogens with zero attached hydrogens (tertiary/aromatic N) is 14. The Bertz CT molecular complexity index is 3590. The number of azo groups is 1. The van der Waals surface area contributed by atoms with Crippen molar-refractivity contribution in [1.82, 2.24) is 25.6 Å². The van der Waals surface area contributed by atoms with Crippen LogP contribution in [0.3, 0.4) is 0 Å². The fourth-order valence-electron chi connectivity index (χ4n) is 6.87. The minimum absolute atomic E-state index is 0.237. The van der Waals surface area contributed by atoms with Crippen molar-refractivity contribution >= 4 is 104 Å². The summed E-state index contributed by atoms with van der Waals surface area (Å²) < 4.78 is 5.63. The van der Waals surface area contributed by atoms with E-state index < -0.39 is 46.7 Å². The highest BCUT2D eigenvalue weighted by molar-refractivity contribution is 6.67. The molecule has 468 valence electrons. The third kappa shape index (κ3) is 24.2. The highest BCUT2D eigenvalue weighted by atomic mass is 35.5. The maximum Gasteiger partial charge on any atom is 0.426 e. The van der Waals surface area contributed by atoms with Crippen LogP contribution in [0.5, 0.6) is 0 Å². The zero-order valence-electron chi connectivity index (χ0n) is 51.3. The van der Waals surface area contributed by atoms with Crippen molar-refractivity contribution in [2.24, 2.45) is 20.3 Å². The molecule has 6 aromatic carbocycles. The average Bonchev–Trinajstić information content (AvgIpc) is 3.54. The van der Waals surface area contributed by atoms with E-state index in [2.05, 4.69) is 56.3 Å². The summed E-state index contributed by atoms with van der Waals surface area (Å²) in [7, 11) is 23.1. The maximum absolute atomic E-state index is 11.4. The molecule has 8 rings (SSSR count). The first-order valence-corrected chi connectivity index (χ1v) is 26.8. The summed E-state index contributed by atoms with van der Waals surface area (Å²) >= 11 is 5.28. The topological polar surface area (TPSA) is 344 Å². The number of ether oxygens (including phenoxy) is 1. The molecule has 89 heavy (non-hydrogen) atoms. The number of aromatic nitrogens is 3. The summed E-state index contributed by atoms with van der Waals surface area (Å²) in [5.74, 6) is -0.558. The van der Waals surface area contributed by atoms with Crippen molar-refractivity contribution in [3.05, 3.63) is 188 Å². The van der Waals surface area contributed by atoms with E-state index in [-0.39, 0.29) is 6.61 Å². The van der Waals surface area contributed by atoms with E-state index in [0.29, 0.717) is 33.9 Å². The van der Waals surface area contributed by atoms with Gasteiger partial charge in [-0.1, -0.05) is 10.2 Å². The number of halogens is 1. The Balaban J connectivity index is 0.000000281. The molecule has 5 N–H and O–H groups in total. The molecule has 0 bridgehead atoms. The highest BCUT2D eigenvalue weighted by Gasteiger charge is 2.29. The molecule has 1 aliphatic rings. The van der Waals surface area contributed by atoms with Crippen molar-refractivity contribution in [3.63, 3.8) is 0 Å². The fourth-order valence-corrected chi connectivity index (χ4v) is 7.00. The van der Waals surface area contributed by atoms with E-state index in [9.17, 15) is 43.2 Å². The number of aromatic amines is 2. The van der Waals surface area contributed by atoms with Crippen LogP contribution in [0.25, 0.3) is 16.1 Å². The maximum atomic E-state index is 11.4. The van der Waals surface area contributed by atoms with Crippen LogP contribution in [0.4, 0.5) is 70.4 Å². The molecule has 1 aromatic heterocycles. The summed E-state index contributed by atoms with van der Waals surface area (Å²) in [5, 5.41) is 16.0. The lowest BCUT2D eigenvalue weighted by Gasteiger charge is -2.15. The first-order chi connectivity index (χ1) is 42.2. The van der Waals surface area contributed by atoms with Gasteiger partial charge in [-0.05, 0) is 175 Å². The number of carbonyl (C=O) groups excluding carboxylic acids is 7. The minimum Gasteiger partial charge on any atom is -0.449 e.